The first-order chi connectivity index (χ1) is 9.31. The summed E-state index contributed by atoms with van der Waals surface area (Å²) in [6, 6.07) is 12.8. The lowest BCUT2D eigenvalue weighted by atomic mass is 10.1. The molecule has 0 bridgehead atoms. The number of rotatable bonds is 4. The Kier molecular flexibility index (Phi) is 3.06. The summed E-state index contributed by atoms with van der Waals surface area (Å²) in [7, 11) is 1.90. The van der Waals surface area contributed by atoms with Crippen molar-refractivity contribution < 1.29 is 4.74 Å². The van der Waals surface area contributed by atoms with Crippen molar-refractivity contribution in [2.45, 2.75) is 6.61 Å². The van der Waals surface area contributed by atoms with E-state index < -0.39 is 0 Å². The zero-order valence-electron chi connectivity index (χ0n) is 10.6. The molecule has 3 aromatic rings. The minimum atomic E-state index is 0.525. The molecule has 0 unspecified atom stereocenters. The summed E-state index contributed by atoms with van der Waals surface area (Å²) in [5.41, 5.74) is 3.16. The van der Waals surface area contributed by atoms with Gasteiger partial charge in [-0.3, -0.25) is 4.68 Å². The number of ether oxygens (including phenoxy) is 1. The van der Waals surface area contributed by atoms with Gasteiger partial charge >= 0.3 is 0 Å². The first kappa shape index (κ1) is 11.6. The second kappa shape index (κ2) is 5.02. The van der Waals surface area contributed by atoms with Crippen LogP contribution in [-0.2, 0) is 13.7 Å². The van der Waals surface area contributed by atoms with Gasteiger partial charge in [0.15, 0.2) is 0 Å². The van der Waals surface area contributed by atoms with Crippen LogP contribution in [0.4, 0.5) is 0 Å². The summed E-state index contributed by atoms with van der Waals surface area (Å²) in [5, 5.41) is 4.17. The Morgan fingerprint density at radius 1 is 1.37 bits per heavy atom. The van der Waals surface area contributed by atoms with E-state index in [9.17, 15) is 0 Å². The molecule has 3 rings (SSSR count). The monoisotopic (exact) mass is 252 g/mol. The van der Waals surface area contributed by atoms with Crippen LogP contribution in [0.2, 0.25) is 0 Å². The van der Waals surface area contributed by atoms with Gasteiger partial charge in [0.1, 0.15) is 12.4 Å². The number of hydrogen-bond acceptors (Lipinski definition) is 2. The molecule has 4 nitrogen and oxygen atoms in total. The fourth-order valence-electron chi connectivity index (χ4n) is 1.89. The van der Waals surface area contributed by atoms with Crippen LogP contribution in [0.25, 0.3) is 11.1 Å². The molecule has 0 aliphatic heterocycles. The number of aromatic amines is 1. The maximum absolute atomic E-state index is 5.73. The first-order valence-corrected chi connectivity index (χ1v) is 6.06. The second-order valence-corrected chi connectivity index (χ2v) is 4.34. The fraction of sp³-hybridized carbons (Fsp3) is 0.133. The Hall–Kier alpha value is -2.49. The van der Waals surface area contributed by atoms with Gasteiger partial charge in [-0.05, 0) is 42.0 Å². The van der Waals surface area contributed by atoms with Gasteiger partial charge in [-0.2, -0.15) is 5.10 Å². The molecule has 0 fully saturated rings. The largest absolute Gasteiger partial charge is 0.487 e. The Balaban J connectivity index is 1.76. The molecule has 0 saturated carbocycles. The molecule has 1 aromatic carbocycles. The number of benzene rings is 1. The van der Waals surface area contributed by atoms with Crippen molar-refractivity contribution in [2.75, 3.05) is 0 Å². The van der Waals surface area contributed by atoms with Crippen molar-refractivity contribution in [2.24, 2.45) is 7.05 Å². The summed E-state index contributed by atoms with van der Waals surface area (Å²) < 4.78 is 7.51. The zero-order chi connectivity index (χ0) is 13.1. The van der Waals surface area contributed by atoms with Crippen LogP contribution >= 0.6 is 0 Å². The van der Waals surface area contributed by atoms with Crippen molar-refractivity contribution in [1.82, 2.24) is 14.8 Å². The van der Waals surface area contributed by atoms with Crippen LogP contribution in [0.15, 0.2) is 48.9 Å². The van der Waals surface area contributed by atoms with E-state index in [1.54, 1.807) is 4.68 Å². The molecular weight excluding hydrogens is 238 g/mol. The molecule has 0 aliphatic rings. The lowest BCUT2D eigenvalue weighted by molar-refractivity contribution is 0.302. The Morgan fingerprint density at radius 2 is 2.32 bits per heavy atom. The normalized spacial score (nSPS) is 10.6. The first-order valence-electron chi connectivity index (χ1n) is 6.06. The van der Waals surface area contributed by atoms with Crippen LogP contribution in [0.3, 0.4) is 0 Å². The smallest absolute Gasteiger partial charge is 0.128 e. The summed E-state index contributed by atoms with van der Waals surface area (Å²) in [6.07, 6.45) is 5.69. The van der Waals surface area contributed by atoms with E-state index >= 15 is 0 Å². The van der Waals surface area contributed by atoms with E-state index in [4.69, 9.17) is 4.74 Å². The van der Waals surface area contributed by atoms with Crippen molar-refractivity contribution in [3.63, 3.8) is 0 Å². The van der Waals surface area contributed by atoms with Gasteiger partial charge < -0.3 is 9.72 Å². The molecule has 19 heavy (non-hydrogen) atoms. The fourth-order valence-corrected chi connectivity index (χ4v) is 1.89. The van der Waals surface area contributed by atoms with Crippen LogP contribution in [-0.4, -0.2) is 14.8 Å². The topological polar surface area (TPSA) is 42.8 Å². The Bertz CT molecular complexity index is 656. The van der Waals surface area contributed by atoms with Crippen molar-refractivity contribution >= 4 is 0 Å². The molecule has 4 heteroatoms. The van der Waals surface area contributed by atoms with Crippen LogP contribution < -0.4 is 4.74 Å². The Morgan fingerprint density at radius 3 is 3.05 bits per heavy atom. The summed E-state index contributed by atoms with van der Waals surface area (Å²) >= 11 is 0. The van der Waals surface area contributed by atoms with Gasteiger partial charge in [0.2, 0.25) is 0 Å². The molecule has 0 aliphatic carbocycles. The highest BCUT2D eigenvalue weighted by atomic mass is 16.5. The summed E-state index contributed by atoms with van der Waals surface area (Å²) in [5.74, 6) is 0.802. The molecule has 0 saturated heterocycles. The SMILES string of the molecule is Cn1cc(-c2c[c]cc(OCc3ccc[nH]3)c2)cn1. The van der Waals surface area contributed by atoms with E-state index in [1.807, 2.05) is 56.0 Å². The van der Waals surface area contributed by atoms with Crippen molar-refractivity contribution in [3.05, 3.63) is 60.7 Å². The van der Waals surface area contributed by atoms with E-state index in [2.05, 4.69) is 16.1 Å². The van der Waals surface area contributed by atoms with Crippen LogP contribution in [0, 0.1) is 6.07 Å². The third-order valence-electron chi connectivity index (χ3n) is 2.86. The number of nitrogens with one attached hydrogen (secondary N) is 1. The van der Waals surface area contributed by atoms with E-state index in [0.717, 1.165) is 22.6 Å². The van der Waals surface area contributed by atoms with Crippen molar-refractivity contribution in [3.8, 4) is 16.9 Å². The maximum Gasteiger partial charge on any atom is 0.128 e. The number of nitrogens with zero attached hydrogens (tertiary/aromatic N) is 2. The number of aromatic nitrogens is 3. The van der Waals surface area contributed by atoms with Gasteiger partial charge in [0.25, 0.3) is 0 Å². The standard InChI is InChI=1S/C15H14N3O/c1-18-10-13(9-17-18)12-4-2-6-15(8-12)19-11-14-5-3-7-16-14/h3-10,16H,11H2,1H3. The Labute approximate surface area is 111 Å². The van der Waals surface area contributed by atoms with Gasteiger partial charge in [-0.25, -0.2) is 0 Å². The third kappa shape index (κ3) is 2.68. The lowest BCUT2D eigenvalue weighted by Crippen LogP contribution is -1.95. The van der Waals surface area contributed by atoms with Gasteiger partial charge in [0, 0.05) is 25.0 Å². The molecule has 0 atom stereocenters. The van der Waals surface area contributed by atoms with E-state index in [1.165, 1.54) is 0 Å². The molecule has 0 amide bonds. The quantitative estimate of drug-likeness (QED) is 0.775. The summed E-state index contributed by atoms with van der Waals surface area (Å²) in [4.78, 5) is 3.11. The van der Waals surface area contributed by atoms with Crippen LogP contribution in [0.1, 0.15) is 5.69 Å². The number of H-pyrrole nitrogens is 1. The van der Waals surface area contributed by atoms with E-state index in [0.29, 0.717) is 6.61 Å². The second-order valence-electron chi connectivity index (χ2n) is 4.34. The molecule has 2 heterocycles. The zero-order valence-corrected chi connectivity index (χ0v) is 10.6. The van der Waals surface area contributed by atoms with Gasteiger partial charge in [0.05, 0.1) is 11.9 Å². The minimum absolute atomic E-state index is 0.525. The third-order valence-corrected chi connectivity index (χ3v) is 2.86. The van der Waals surface area contributed by atoms with Crippen molar-refractivity contribution in [1.29, 1.82) is 0 Å². The van der Waals surface area contributed by atoms with Crippen LogP contribution in [0.5, 0.6) is 5.75 Å². The van der Waals surface area contributed by atoms with Gasteiger partial charge in [-0.1, -0.05) is 0 Å². The highest BCUT2D eigenvalue weighted by molar-refractivity contribution is 5.63. The summed E-state index contributed by atoms with van der Waals surface area (Å²) in [6.45, 7) is 0.525. The van der Waals surface area contributed by atoms with Gasteiger partial charge in [-0.15, -0.1) is 0 Å². The predicted octanol–water partition coefficient (Wildman–Crippen LogP) is 2.79. The average Bonchev–Trinajstić information content (AvgIpc) is 3.08. The van der Waals surface area contributed by atoms with E-state index in [-0.39, 0.29) is 0 Å². The highest BCUT2D eigenvalue weighted by Gasteiger charge is 2.03. The average molecular weight is 252 g/mol. The molecule has 95 valence electrons. The molecule has 2 aromatic heterocycles. The highest BCUT2D eigenvalue weighted by Crippen LogP contribution is 2.23. The number of aryl methyl sites for hydroxylation is 1. The lowest BCUT2D eigenvalue weighted by Gasteiger charge is -2.06. The number of hydrogen-bond donors (Lipinski definition) is 1. The predicted molar refractivity (Wildman–Crippen MR) is 72.6 cm³/mol. The molecule has 1 N–H and O–H groups in total. The molecule has 0 spiro atoms. The minimum Gasteiger partial charge on any atom is -0.487 e. The molecule has 1 radical (unpaired) electrons. The maximum atomic E-state index is 5.73. The molecular formula is C15H14N3O.